The normalized spacial score (nSPS) is 19.1. The molecule has 0 aromatic carbocycles. The minimum atomic E-state index is 0.0385. The standard InChI is InChI=1S/4C9H20N4O2/c4*1-12-3-5-13(6-4-12)8-9(14)11-2-7-15-10/h4*2-8,10H2,1H3,(H,11,14)/i2*3+1,5+1,8+1,13+1;8+1,13+1;8+1. The van der Waals surface area contributed by atoms with E-state index in [0.717, 1.165) is 105 Å². The summed E-state index contributed by atoms with van der Waals surface area (Å²) in [6, 6.07) is 0. The lowest BCUT2D eigenvalue weighted by Gasteiger charge is -2.31. The van der Waals surface area contributed by atoms with Crippen LogP contribution in [-0.4, -0.2) is 275 Å². The van der Waals surface area contributed by atoms with Crippen molar-refractivity contribution in [3.05, 3.63) is 0 Å². The van der Waals surface area contributed by atoms with E-state index in [2.05, 4.69) is 108 Å². The van der Waals surface area contributed by atoms with Gasteiger partial charge in [0.15, 0.2) is 0 Å². The molecule has 4 aliphatic heterocycles. The smallest absolute Gasteiger partial charge is 0.234 e. The number of nitrogens with two attached hydrogens (primary N) is 4. The van der Waals surface area contributed by atoms with Crippen LogP contribution in [0.4, 0.5) is 0 Å². The number of nitrogens with zero attached hydrogens (tertiary/aromatic N) is 8. The second-order valence-corrected chi connectivity index (χ2v) is 15.2. The number of hydrogen-bond acceptors (Lipinski definition) is 20. The highest BCUT2D eigenvalue weighted by Gasteiger charge is 2.19. The van der Waals surface area contributed by atoms with Crippen molar-refractivity contribution < 1.29 is 38.5 Å². The van der Waals surface area contributed by atoms with Gasteiger partial charge in [-0.2, -0.15) is 0 Å². The number of amides is 4. The van der Waals surface area contributed by atoms with Gasteiger partial charge in [0, 0.05) is 131 Å². The summed E-state index contributed by atoms with van der Waals surface area (Å²) in [5.74, 6) is 19.5. The molecule has 0 aromatic rings. The molecule has 24 heteroatoms. The lowest BCUT2D eigenvalue weighted by atomic mass is 10.4. The third kappa shape index (κ3) is 30.3. The number of nitrogens with one attached hydrogen (secondary N) is 4. The average Bonchev–Trinajstić information content (AvgIpc) is 3.22. The zero-order valence-corrected chi connectivity index (χ0v) is 37.0. The van der Waals surface area contributed by atoms with Crippen LogP contribution in [0, 0.1) is 0 Å². The van der Waals surface area contributed by atoms with Crippen molar-refractivity contribution in [3.8, 4) is 0 Å². The molecule has 0 aliphatic carbocycles. The highest BCUT2D eigenvalue weighted by molar-refractivity contribution is 5.79. The van der Waals surface area contributed by atoms with E-state index in [4.69, 9.17) is 23.6 Å². The Labute approximate surface area is 357 Å². The Balaban J connectivity index is 0.000000400. The molecule has 12 N–H and O–H groups in total. The monoisotopic (exact) mass is 876 g/mol. The van der Waals surface area contributed by atoms with Crippen molar-refractivity contribution in [3.63, 3.8) is 0 Å². The van der Waals surface area contributed by atoms with Gasteiger partial charge in [-0.05, 0) is 28.2 Å². The van der Waals surface area contributed by atoms with Gasteiger partial charge in [-0.25, -0.2) is 23.6 Å². The molecule has 4 saturated heterocycles. The van der Waals surface area contributed by atoms with Crippen LogP contribution in [0.2, 0.25) is 0 Å². The van der Waals surface area contributed by atoms with Crippen LogP contribution in [0.3, 0.4) is 0 Å². The van der Waals surface area contributed by atoms with Crippen molar-refractivity contribution in [2.45, 2.75) is 0 Å². The molecule has 4 fully saturated rings. The molecule has 4 heterocycles. The van der Waals surface area contributed by atoms with Gasteiger partial charge in [-0.3, -0.25) is 38.8 Å². The molecule has 4 amide bonds. The molecule has 60 heavy (non-hydrogen) atoms. The van der Waals surface area contributed by atoms with E-state index < -0.39 is 0 Å². The molecule has 4 aliphatic rings. The number of piperazine rings is 4. The molecule has 0 radical (unpaired) electrons. The van der Waals surface area contributed by atoms with Crippen molar-refractivity contribution >= 4 is 23.6 Å². The number of hydrogen-bond donors (Lipinski definition) is 8. The van der Waals surface area contributed by atoms with Crippen molar-refractivity contribution in [1.82, 2.24) is 60.5 Å². The molecule has 0 bridgehead atoms. The average molecular weight is 876 g/mol. The van der Waals surface area contributed by atoms with E-state index in [1.54, 1.807) is 0 Å². The van der Waals surface area contributed by atoms with Crippen molar-refractivity contribution in [1.29, 1.82) is 0 Å². The molecule has 4 rings (SSSR count). The van der Waals surface area contributed by atoms with Crippen molar-refractivity contribution in [2.24, 2.45) is 23.6 Å². The summed E-state index contributed by atoms with van der Waals surface area (Å²) in [4.78, 5) is 80.7. The van der Waals surface area contributed by atoms with Gasteiger partial charge in [0.2, 0.25) is 23.6 Å². The van der Waals surface area contributed by atoms with E-state index in [1.807, 2.05) is 0 Å². The molecule has 0 aromatic heterocycles. The molecule has 0 atom stereocenters. The predicted octanol–water partition coefficient (Wildman–Crippen LogP) is -7.04. The Morgan fingerprint density at radius 2 is 0.517 bits per heavy atom. The Kier molecular flexibility index (Phi) is 33.0. The largest absolute Gasteiger partial charge is 0.353 e. The number of carbonyl (C=O) groups is 4. The number of rotatable bonds is 20. The zero-order chi connectivity index (χ0) is 44.4. The fourth-order valence-corrected chi connectivity index (χ4v) is 6.06. The first-order valence-electron chi connectivity index (χ1n) is 20.9. The summed E-state index contributed by atoms with van der Waals surface area (Å²) < 4.78 is 0. The minimum Gasteiger partial charge on any atom is -0.353 e. The second kappa shape index (κ2) is 35.8. The molecular weight excluding hydrogens is 795 g/mol. The Morgan fingerprint density at radius 1 is 0.350 bits per heavy atom. The first-order valence-corrected chi connectivity index (χ1v) is 20.9. The predicted molar refractivity (Wildman–Crippen MR) is 228 cm³/mol. The van der Waals surface area contributed by atoms with E-state index >= 15 is 0 Å². The minimum absolute atomic E-state index is 0.0385. The lowest BCUT2D eigenvalue weighted by Crippen LogP contribution is -2.48. The number of likely N-dealkylation sites (N-methyl/N-ethyl adjacent to an activating group) is 4. The van der Waals surface area contributed by atoms with Crippen LogP contribution in [-0.2, 0) is 38.5 Å². The van der Waals surface area contributed by atoms with Crippen LogP contribution in [0.25, 0.3) is 0 Å². The Hall–Kier alpha value is -2.76. The fraction of sp³-hybridized carbons (Fsp3) is 0.889. The first kappa shape index (κ1) is 55.3. The highest BCUT2D eigenvalue weighted by atomic mass is 16.6. The van der Waals surface area contributed by atoms with Gasteiger partial charge >= 0.3 is 0 Å². The van der Waals surface area contributed by atoms with E-state index in [9.17, 15) is 19.2 Å². The van der Waals surface area contributed by atoms with Gasteiger partial charge in [0.05, 0.1) is 52.6 Å². The quantitative estimate of drug-likeness (QED) is 0.0244. The molecule has 0 unspecified atom stereocenters. The van der Waals surface area contributed by atoms with Crippen LogP contribution in [0.1, 0.15) is 0 Å². The summed E-state index contributed by atoms with van der Waals surface area (Å²) in [7, 11) is 8.37. The van der Waals surface area contributed by atoms with E-state index in [0.29, 0.717) is 78.8 Å². The topological polar surface area (TPSA) is 283 Å². The zero-order valence-electron chi connectivity index (χ0n) is 37.0. The maximum absolute atomic E-state index is 11.4. The van der Waals surface area contributed by atoms with Gasteiger partial charge in [-0.15, -0.1) is 0 Å². The highest BCUT2D eigenvalue weighted by Crippen LogP contribution is 2.00. The molecular formula is C36H80N16O8. The Bertz CT molecular complexity index is 938. The van der Waals surface area contributed by atoms with Crippen LogP contribution >= 0.6 is 0 Å². The van der Waals surface area contributed by atoms with Crippen LogP contribution in [0.15, 0.2) is 0 Å². The molecule has 0 saturated carbocycles. The van der Waals surface area contributed by atoms with E-state index in [1.165, 1.54) is 0 Å². The van der Waals surface area contributed by atoms with Gasteiger partial charge in [0.25, 0.3) is 0 Å². The van der Waals surface area contributed by atoms with Gasteiger partial charge in [0.1, 0.15) is 0 Å². The maximum Gasteiger partial charge on any atom is 0.234 e. The fourth-order valence-electron chi connectivity index (χ4n) is 6.06. The lowest BCUT2D eigenvalue weighted by molar-refractivity contribution is -0.123. The van der Waals surface area contributed by atoms with Gasteiger partial charge in [-0.1, -0.05) is 0 Å². The summed E-state index contributed by atoms with van der Waals surface area (Å²) in [5.41, 5.74) is 0. The van der Waals surface area contributed by atoms with E-state index in [-0.39, 0.29) is 23.6 Å². The maximum atomic E-state index is 11.4. The first-order chi connectivity index (χ1) is 28.9. The molecule has 352 valence electrons. The van der Waals surface area contributed by atoms with Gasteiger partial charge < -0.3 is 60.2 Å². The molecule has 24 nitrogen and oxygen atoms in total. The third-order valence-corrected chi connectivity index (χ3v) is 10.0. The van der Waals surface area contributed by atoms with Crippen molar-refractivity contribution in [2.75, 3.05) is 212 Å². The second-order valence-electron chi connectivity index (χ2n) is 15.2. The summed E-state index contributed by atoms with van der Waals surface area (Å²) in [5, 5.41) is 11.0. The Morgan fingerprint density at radius 3 is 0.667 bits per heavy atom. The van der Waals surface area contributed by atoms with Crippen LogP contribution in [0.5, 0.6) is 0 Å². The SMILES string of the molecule is CN1CCN([13CH2]C(=O)NCCON)CC1.CN1CC[15N]([13CH2]C(=O)NCCON)CC1.CN1CC[15N]([13CH2]C(=O)NCCON)[13CH2][13CH2]1.CN1CC[15N]([13CH2]C(=O)NCCON)[13CH2][13CH2]1. The summed E-state index contributed by atoms with van der Waals surface area (Å²) in [6.07, 6.45) is 0. The van der Waals surface area contributed by atoms with Crippen LogP contribution < -0.4 is 44.9 Å². The summed E-state index contributed by atoms with van der Waals surface area (Å²) >= 11 is 0. The third-order valence-electron chi connectivity index (χ3n) is 10.0. The summed E-state index contributed by atoms with van der Waals surface area (Å²) in [6.45, 7) is 21.1. The number of carbonyl (C=O) groups excluding carboxylic acids is 4. The molecule has 0 spiro atoms.